The second-order valence-electron chi connectivity index (χ2n) is 5.39. The van der Waals surface area contributed by atoms with Crippen molar-refractivity contribution in [2.24, 2.45) is 0 Å². The van der Waals surface area contributed by atoms with Crippen LogP contribution in [0.1, 0.15) is 72.1 Å². The van der Waals surface area contributed by atoms with Crippen molar-refractivity contribution in [1.82, 2.24) is 0 Å². The average Bonchev–Trinajstić information content (AvgIpc) is 2.21. The van der Waals surface area contributed by atoms with Crippen molar-refractivity contribution in [3.8, 4) is 0 Å². The standard InChI is InChI=1S/C13H26N2/c1-4-5-6-7-10-13(3)11-8-9-12(2)15(13)14/h12H,4-11H2,1-3H3. The van der Waals surface area contributed by atoms with Crippen molar-refractivity contribution in [3.05, 3.63) is 5.53 Å². The Bertz CT molecular complexity index is 213. The molecule has 2 atom stereocenters. The smallest absolute Gasteiger partial charge is 0.148 e. The second kappa shape index (κ2) is 5.62. The van der Waals surface area contributed by atoms with Gasteiger partial charge in [-0.15, -0.1) is 0 Å². The second-order valence-corrected chi connectivity index (χ2v) is 5.39. The molecule has 0 aromatic carbocycles. The van der Waals surface area contributed by atoms with Crippen molar-refractivity contribution in [3.63, 3.8) is 0 Å². The molecule has 0 spiro atoms. The van der Waals surface area contributed by atoms with Gasteiger partial charge in [0.15, 0.2) is 0 Å². The number of rotatable bonds is 5. The molecule has 2 nitrogen and oxygen atoms in total. The first-order valence-electron chi connectivity index (χ1n) is 6.58. The fraction of sp³-hybridized carbons (Fsp3) is 1.00. The summed E-state index contributed by atoms with van der Waals surface area (Å²) in [6.07, 6.45) is 9.90. The van der Waals surface area contributed by atoms with Gasteiger partial charge in [-0.2, -0.15) is 0 Å². The van der Waals surface area contributed by atoms with E-state index in [2.05, 4.69) is 20.8 Å². The number of unbranched alkanes of at least 4 members (excludes halogenated alkanes) is 3. The van der Waals surface area contributed by atoms with E-state index in [1.54, 1.807) is 4.70 Å². The van der Waals surface area contributed by atoms with Gasteiger partial charge in [0.25, 0.3) is 0 Å². The van der Waals surface area contributed by atoms with E-state index < -0.39 is 0 Å². The molecule has 1 rings (SSSR count). The van der Waals surface area contributed by atoms with Crippen LogP contribution < -0.4 is 0 Å². The van der Waals surface area contributed by atoms with Crippen LogP contribution >= 0.6 is 0 Å². The molecule has 0 aliphatic carbocycles. The topological polar surface area (TPSA) is 25.3 Å². The Morgan fingerprint density at radius 2 is 2.07 bits per heavy atom. The van der Waals surface area contributed by atoms with Crippen molar-refractivity contribution in [2.75, 3.05) is 0 Å². The van der Waals surface area contributed by atoms with Crippen molar-refractivity contribution in [1.29, 1.82) is 0 Å². The Balaban J connectivity index is 2.39. The van der Waals surface area contributed by atoms with Gasteiger partial charge >= 0.3 is 0 Å². The highest BCUT2D eigenvalue weighted by Crippen LogP contribution is 2.32. The first kappa shape index (κ1) is 12.7. The lowest BCUT2D eigenvalue weighted by molar-refractivity contribution is -0.664. The summed E-state index contributed by atoms with van der Waals surface area (Å²) in [7, 11) is 0. The van der Waals surface area contributed by atoms with Gasteiger partial charge < -0.3 is 10.2 Å². The van der Waals surface area contributed by atoms with Gasteiger partial charge in [-0.05, 0) is 26.7 Å². The molecule has 0 aromatic heterocycles. The Morgan fingerprint density at radius 3 is 2.73 bits per heavy atom. The summed E-state index contributed by atoms with van der Waals surface area (Å²) in [5.74, 6) is 0. The largest absolute Gasteiger partial charge is 0.506 e. The first-order valence-corrected chi connectivity index (χ1v) is 6.58. The molecule has 1 fully saturated rings. The van der Waals surface area contributed by atoms with Crippen LogP contribution in [0.25, 0.3) is 5.53 Å². The van der Waals surface area contributed by atoms with E-state index in [1.165, 1.54) is 32.1 Å². The van der Waals surface area contributed by atoms with E-state index >= 15 is 0 Å². The van der Waals surface area contributed by atoms with Crippen LogP contribution in [0, 0.1) is 0 Å². The zero-order valence-corrected chi connectivity index (χ0v) is 10.6. The lowest BCUT2D eigenvalue weighted by Crippen LogP contribution is -2.45. The van der Waals surface area contributed by atoms with Gasteiger partial charge in [0.2, 0.25) is 0 Å². The number of piperidine rings is 1. The summed E-state index contributed by atoms with van der Waals surface area (Å²) in [6, 6.07) is 0.343. The molecule has 88 valence electrons. The molecular weight excluding hydrogens is 184 g/mol. The summed E-state index contributed by atoms with van der Waals surface area (Å²) in [4.78, 5) is 0. The third-order valence-electron chi connectivity index (χ3n) is 3.88. The molecule has 0 saturated carbocycles. The number of nitrogens with zero attached hydrogens (tertiary/aromatic N) is 2. The van der Waals surface area contributed by atoms with Crippen LogP contribution in [-0.4, -0.2) is 16.3 Å². The van der Waals surface area contributed by atoms with Gasteiger partial charge in [0, 0.05) is 19.3 Å². The molecule has 2 heteroatoms. The van der Waals surface area contributed by atoms with E-state index in [0.717, 1.165) is 19.3 Å². The highest BCUT2D eigenvalue weighted by Gasteiger charge is 2.37. The van der Waals surface area contributed by atoms with Crippen LogP contribution in [0.2, 0.25) is 0 Å². The lowest BCUT2D eigenvalue weighted by atomic mass is 9.83. The van der Waals surface area contributed by atoms with E-state index in [4.69, 9.17) is 0 Å². The van der Waals surface area contributed by atoms with Crippen LogP contribution in [-0.2, 0) is 0 Å². The molecule has 0 bridgehead atoms. The summed E-state index contributed by atoms with van der Waals surface area (Å²) < 4.78 is 1.63. The zero-order chi connectivity index (χ0) is 11.3. The predicted octanol–water partition coefficient (Wildman–Crippen LogP) is 4.32. The van der Waals surface area contributed by atoms with Gasteiger partial charge in [-0.1, -0.05) is 26.2 Å². The van der Waals surface area contributed by atoms with Gasteiger partial charge in [-0.3, -0.25) is 0 Å². The fourth-order valence-corrected chi connectivity index (χ4v) is 2.72. The number of hydrogen-bond donors (Lipinski definition) is 0. The van der Waals surface area contributed by atoms with Crippen LogP contribution in [0.4, 0.5) is 0 Å². The monoisotopic (exact) mass is 210 g/mol. The van der Waals surface area contributed by atoms with Crippen LogP contribution in [0.5, 0.6) is 0 Å². The Morgan fingerprint density at radius 1 is 1.33 bits per heavy atom. The molecule has 1 aliphatic rings. The third kappa shape index (κ3) is 3.29. The molecule has 1 aliphatic heterocycles. The quantitative estimate of drug-likeness (QED) is 0.477. The highest BCUT2D eigenvalue weighted by atomic mass is 15.3. The fourth-order valence-electron chi connectivity index (χ4n) is 2.72. The van der Waals surface area contributed by atoms with E-state index in [1.807, 2.05) is 0 Å². The molecule has 0 aromatic rings. The Hall–Kier alpha value is -0.400. The molecular formula is C13H26N2. The maximum absolute atomic E-state index is 10.1. The van der Waals surface area contributed by atoms with E-state index in [-0.39, 0.29) is 5.54 Å². The maximum Gasteiger partial charge on any atom is 0.148 e. The molecule has 0 amide bonds. The Labute approximate surface area is 94.6 Å². The van der Waals surface area contributed by atoms with Crippen LogP contribution in [0.15, 0.2) is 0 Å². The predicted molar refractivity (Wildman–Crippen MR) is 64.1 cm³/mol. The highest BCUT2D eigenvalue weighted by molar-refractivity contribution is 4.78. The minimum Gasteiger partial charge on any atom is -0.506 e. The normalized spacial score (nSPS) is 31.9. The molecule has 1 saturated heterocycles. The molecule has 0 radical (unpaired) electrons. The zero-order valence-electron chi connectivity index (χ0n) is 10.6. The van der Waals surface area contributed by atoms with Crippen molar-refractivity contribution >= 4 is 0 Å². The minimum atomic E-state index is 0.0470. The lowest BCUT2D eigenvalue weighted by Gasteiger charge is -2.37. The summed E-state index contributed by atoms with van der Waals surface area (Å²) in [6.45, 7) is 6.58. The summed E-state index contributed by atoms with van der Waals surface area (Å²) in [5.41, 5.74) is 10.1. The molecule has 0 N–H and O–H groups in total. The van der Waals surface area contributed by atoms with Crippen molar-refractivity contribution < 1.29 is 4.70 Å². The van der Waals surface area contributed by atoms with Gasteiger partial charge in [0.1, 0.15) is 11.6 Å². The summed E-state index contributed by atoms with van der Waals surface area (Å²) in [5, 5.41) is 0. The van der Waals surface area contributed by atoms with E-state index in [9.17, 15) is 5.53 Å². The first-order chi connectivity index (χ1) is 7.10. The molecule has 2 unspecified atom stereocenters. The van der Waals surface area contributed by atoms with E-state index in [0.29, 0.717) is 6.04 Å². The maximum atomic E-state index is 10.1. The molecule has 15 heavy (non-hydrogen) atoms. The number of hydrogen-bond acceptors (Lipinski definition) is 0. The van der Waals surface area contributed by atoms with Gasteiger partial charge in [-0.25, -0.2) is 0 Å². The minimum absolute atomic E-state index is 0.0470. The summed E-state index contributed by atoms with van der Waals surface area (Å²) >= 11 is 0. The Kier molecular flexibility index (Phi) is 4.75. The third-order valence-corrected chi connectivity index (χ3v) is 3.88. The van der Waals surface area contributed by atoms with Crippen LogP contribution in [0.3, 0.4) is 0 Å². The average molecular weight is 210 g/mol. The SMILES string of the molecule is CCCCCCC1(C)CCCC(C)[N+]1=[N-]. The molecule has 1 heterocycles. The van der Waals surface area contributed by atoms with Gasteiger partial charge in [0.05, 0.1) is 0 Å². The van der Waals surface area contributed by atoms with Crippen molar-refractivity contribution in [2.45, 2.75) is 83.7 Å².